The standard InChI is InChI=1S/C26H22ClN3O4S/c1-16-3-5-17(6-4-16)15-34-21-12-7-18(13-22(21)33-2)14-23(25(31)32)35-26-28-24(29-30-26)19-8-10-20(27)11-9-19/h3-14H,15H2,1-2H3,(H,31,32)(H,28,29,30)/b23-14-. The van der Waals surface area contributed by atoms with E-state index in [-0.39, 0.29) is 10.1 Å². The molecule has 1 heterocycles. The molecule has 7 nitrogen and oxygen atoms in total. The van der Waals surface area contributed by atoms with E-state index in [1.165, 1.54) is 11.6 Å². The molecule has 178 valence electrons. The van der Waals surface area contributed by atoms with Crippen LogP contribution in [0.3, 0.4) is 0 Å². The van der Waals surface area contributed by atoms with Crippen LogP contribution in [-0.4, -0.2) is 33.4 Å². The van der Waals surface area contributed by atoms with E-state index >= 15 is 0 Å². The fourth-order valence-electron chi connectivity index (χ4n) is 3.15. The van der Waals surface area contributed by atoms with E-state index in [0.29, 0.717) is 34.5 Å². The van der Waals surface area contributed by atoms with Gasteiger partial charge < -0.3 is 14.6 Å². The number of aliphatic carboxylic acids is 1. The van der Waals surface area contributed by atoms with Crippen LogP contribution in [0.1, 0.15) is 16.7 Å². The van der Waals surface area contributed by atoms with Crippen LogP contribution in [0.4, 0.5) is 0 Å². The highest BCUT2D eigenvalue weighted by molar-refractivity contribution is 8.04. The number of carboxylic acid groups (broad SMARTS) is 1. The van der Waals surface area contributed by atoms with Crippen molar-refractivity contribution in [2.75, 3.05) is 7.11 Å². The largest absolute Gasteiger partial charge is 0.493 e. The van der Waals surface area contributed by atoms with E-state index in [1.807, 2.05) is 31.2 Å². The first-order chi connectivity index (χ1) is 16.9. The van der Waals surface area contributed by atoms with Crippen molar-refractivity contribution in [3.05, 3.63) is 93.3 Å². The highest BCUT2D eigenvalue weighted by Crippen LogP contribution is 2.32. The van der Waals surface area contributed by atoms with Crippen molar-refractivity contribution in [3.63, 3.8) is 0 Å². The van der Waals surface area contributed by atoms with Gasteiger partial charge >= 0.3 is 5.97 Å². The number of carboxylic acids is 1. The predicted molar refractivity (Wildman–Crippen MR) is 137 cm³/mol. The molecule has 0 spiro atoms. The number of halogens is 1. The Kier molecular flexibility index (Phi) is 7.74. The molecule has 0 fully saturated rings. The Morgan fingerprint density at radius 2 is 1.83 bits per heavy atom. The van der Waals surface area contributed by atoms with Crippen LogP contribution in [0.25, 0.3) is 17.5 Å². The van der Waals surface area contributed by atoms with Crippen LogP contribution in [0.15, 0.2) is 76.8 Å². The molecule has 0 aliphatic rings. The van der Waals surface area contributed by atoms with Gasteiger partial charge in [0.05, 0.1) is 7.11 Å². The quantitative estimate of drug-likeness (QED) is 0.204. The summed E-state index contributed by atoms with van der Waals surface area (Å²) in [7, 11) is 1.54. The van der Waals surface area contributed by atoms with Crippen LogP contribution in [0.2, 0.25) is 5.02 Å². The molecule has 0 unspecified atom stereocenters. The minimum absolute atomic E-state index is 0.0574. The van der Waals surface area contributed by atoms with Crippen molar-refractivity contribution in [1.82, 2.24) is 15.2 Å². The zero-order valence-corrected chi connectivity index (χ0v) is 20.6. The normalized spacial score (nSPS) is 11.3. The molecule has 4 rings (SSSR count). The minimum Gasteiger partial charge on any atom is -0.493 e. The Hall–Kier alpha value is -3.75. The summed E-state index contributed by atoms with van der Waals surface area (Å²) < 4.78 is 11.4. The number of hydrogen-bond donors (Lipinski definition) is 2. The first-order valence-corrected chi connectivity index (χ1v) is 11.8. The molecule has 2 N–H and O–H groups in total. The van der Waals surface area contributed by atoms with Gasteiger partial charge in [0.15, 0.2) is 17.3 Å². The van der Waals surface area contributed by atoms with E-state index < -0.39 is 5.97 Å². The number of benzene rings is 3. The molecule has 3 aromatic carbocycles. The summed E-state index contributed by atoms with van der Waals surface area (Å²) in [6.45, 7) is 2.42. The molecule has 1 aromatic heterocycles. The number of rotatable bonds is 9. The zero-order chi connectivity index (χ0) is 24.8. The van der Waals surface area contributed by atoms with Gasteiger partial charge in [0, 0.05) is 10.6 Å². The second-order valence-electron chi connectivity index (χ2n) is 7.57. The Labute approximate surface area is 211 Å². The van der Waals surface area contributed by atoms with Crippen LogP contribution in [0.5, 0.6) is 11.5 Å². The summed E-state index contributed by atoms with van der Waals surface area (Å²) in [5.74, 6) is 0.497. The first-order valence-electron chi connectivity index (χ1n) is 10.6. The van der Waals surface area contributed by atoms with Crippen molar-refractivity contribution in [2.45, 2.75) is 18.7 Å². The molecular weight excluding hydrogens is 486 g/mol. The first kappa shape index (κ1) is 24.4. The van der Waals surface area contributed by atoms with E-state index in [1.54, 1.807) is 49.6 Å². The van der Waals surface area contributed by atoms with Gasteiger partial charge in [-0.15, -0.1) is 5.10 Å². The fraction of sp³-hybridized carbons (Fsp3) is 0.115. The molecule has 0 bridgehead atoms. The lowest BCUT2D eigenvalue weighted by atomic mass is 10.1. The molecule has 0 saturated heterocycles. The monoisotopic (exact) mass is 507 g/mol. The molecule has 0 atom stereocenters. The summed E-state index contributed by atoms with van der Waals surface area (Å²) in [5.41, 5.74) is 3.65. The maximum atomic E-state index is 11.9. The highest BCUT2D eigenvalue weighted by atomic mass is 35.5. The molecule has 0 amide bonds. The molecule has 35 heavy (non-hydrogen) atoms. The fourth-order valence-corrected chi connectivity index (χ4v) is 3.99. The maximum absolute atomic E-state index is 11.9. The molecule has 0 aliphatic carbocycles. The van der Waals surface area contributed by atoms with Crippen LogP contribution < -0.4 is 9.47 Å². The number of methoxy groups -OCH3 is 1. The van der Waals surface area contributed by atoms with E-state index in [4.69, 9.17) is 21.1 Å². The third-order valence-corrected chi connectivity index (χ3v) is 6.12. The summed E-state index contributed by atoms with van der Waals surface area (Å²) in [5, 5.41) is 17.6. The van der Waals surface area contributed by atoms with Crippen molar-refractivity contribution in [1.29, 1.82) is 0 Å². The van der Waals surface area contributed by atoms with Crippen LogP contribution in [-0.2, 0) is 11.4 Å². The Morgan fingerprint density at radius 3 is 2.51 bits per heavy atom. The third-order valence-electron chi connectivity index (χ3n) is 4.99. The van der Waals surface area contributed by atoms with Gasteiger partial charge in [-0.3, -0.25) is 5.10 Å². The van der Waals surface area contributed by atoms with Crippen molar-refractivity contribution in [3.8, 4) is 22.9 Å². The van der Waals surface area contributed by atoms with E-state index in [0.717, 1.165) is 22.9 Å². The number of nitrogens with zero attached hydrogens (tertiary/aromatic N) is 2. The number of aromatic nitrogens is 3. The Morgan fingerprint density at radius 1 is 1.09 bits per heavy atom. The van der Waals surface area contributed by atoms with Gasteiger partial charge in [-0.05, 0) is 72.3 Å². The predicted octanol–water partition coefficient (Wildman–Crippen LogP) is 6.24. The average Bonchev–Trinajstić information content (AvgIpc) is 3.32. The Bertz CT molecular complexity index is 1350. The lowest BCUT2D eigenvalue weighted by molar-refractivity contribution is -0.131. The zero-order valence-electron chi connectivity index (χ0n) is 19.0. The van der Waals surface area contributed by atoms with Gasteiger partial charge in [0.25, 0.3) is 0 Å². The van der Waals surface area contributed by atoms with Gasteiger partial charge in [-0.25, -0.2) is 9.78 Å². The maximum Gasteiger partial charge on any atom is 0.342 e. The summed E-state index contributed by atoms with van der Waals surface area (Å²) in [6, 6.07) is 20.4. The third kappa shape index (κ3) is 6.44. The number of nitrogens with one attached hydrogen (secondary N) is 1. The summed E-state index contributed by atoms with van der Waals surface area (Å²) in [4.78, 5) is 16.3. The number of thioether (sulfide) groups is 1. The van der Waals surface area contributed by atoms with Crippen LogP contribution in [0, 0.1) is 6.92 Å². The number of carbonyl (C=O) groups is 1. The lowest BCUT2D eigenvalue weighted by Crippen LogP contribution is -1.99. The summed E-state index contributed by atoms with van der Waals surface area (Å²) in [6.07, 6.45) is 1.54. The number of aryl methyl sites for hydroxylation is 1. The number of ether oxygens (including phenoxy) is 2. The smallest absolute Gasteiger partial charge is 0.342 e. The topological polar surface area (TPSA) is 97.3 Å². The number of hydrogen-bond acceptors (Lipinski definition) is 6. The lowest BCUT2D eigenvalue weighted by Gasteiger charge is -2.12. The molecule has 4 aromatic rings. The highest BCUT2D eigenvalue weighted by Gasteiger charge is 2.15. The van der Waals surface area contributed by atoms with Crippen molar-refractivity contribution >= 4 is 35.4 Å². The SMILES string of the molecule is COc1cc(/C=C(\Sc2n[nH]c(-c3ccc(Cl)cc3)n2)C(=O)O)ccc1OCc1ccc(C)cc1. The number of aromatic amines is 1. The molecule has 0 radical (unpaired) electrons. The minimum atomic E-state index is -1.09. The van der Waals surface area contributed by atoms with Gasteiger partial charge in [-0.1, -0.05) is 47.5 Å². The molecule has 0 saturated carbocycles. The summed E-state index contributed by atoms with van der Waals surface area (Å²) >= 11 is 6.87. The number of H-pyrrole nitrogens is 1. The van der Waals surface area contributed by atoms with Gasteiger partial charge in [0.1, 0.15) is 11.5 Å². The second kappa shape index (κ2) is 11.1. The molecule has 9 heteroatoms. The average molecular weight is 508 g/mol. The van der Waals surface area contributed by atoms with E-state index in [2.05, 4.69) is 15.2 Å². The molecule has 0 aliphatic heterocycles. The Balaban J connectivity index is 1.50. The van der Waals surface area contributed by atoms with Gasteiger partial charge in [0.2, 0.25) is 5.16 Å². The van der Waals surface area contributed by atoms with Gasteiger partial charge in [-0.2, -0.15) is 0 Å². The molecular formula is C26H22ClN3O4S. The van der Waals surface area contributed by atoms with Crippen molar-refractivity contribution in [2.24, 2.45) is 0 Å². The van der Waals surface area contributed by atoms with Crippen molar-refractivity contribution < 1.29 is 19.4 Å². The second-order valence-corrected chi connectivity index (χ2v) is 9.02. The van der Waals surface area contributed by atoms with Crippen LogP contribution >= 0.6 is 23.4 Å². The van der Waals surface area contributed by atoms with E-state index in [9.17, 15) is 9.90 Å².